The van der Waals surface area contributed by atoms with Crippen molar-refractivity contribution in [2.45, 2.75) is 18.9 Å². The minimum atomic E-state index is -0.538. The van der Waals surface area contributed by atoms with Crippen LogP contribution in [0.2, 0.25) is 5.02 Å². The number of nitrogens with zero attached hydrogens (tertiary/aromatic N) is 3. The molecule has 220 valence electrons. The van der Waals surface area contributed by atoms with Crippen LogP contribution in [0.1, 0.15) is 34.9 Å². The van der Waals surface area contributed by atoms with Gasteiger partial charge in [0.15, 0.2) is 16.3 Å². The lowest BCUT2D eigenvalue weighted by Gasteiger charge is -2.31. The van der Waals surface area contributed by atoms with Gasteiger partial charge in [-0.25, -0.2) is 4.99 Å². The Morgan fingerprint density at radius 1 is 1.05 bits per heavy atom. The van der Waals surface area contributed by atoms with E-state index in [1.807, 2.05) is 30.3 Å². The molecule has 2 aliphatic rings. The van der Waals surface area contributed by atoms with E-state index in [1.165, 1.54) is 29.0 Å². The minimum absolute atomic E-state index is 0.0426. The van der Waals surface area contributed by atoms with Crippen LogP contribution in [0.3, 0.4) is 0 Å². The van der Waals surface area contributed by atoms with E-state index in [0.29, 0.717) is 37.9 Å². The molecule has 0 saturated carbocycles. The quantitative estimate of drug-likeness (QED) is 0.165. The van der Waals surface area contributed by atoms with Gasteiger partial charge in [-0.05, 0) is 65.9 Å². The summed E-state index contributed by atoms with van der Waals surface area (Å²) in [6.07, 6.45) is 3.28. The van der Waals surface area contributed by atoms with Crippen molar-refractivity contribution < 1.29 is 18.8 Å². The first-order valence-electron chi connectivity index (χ1n) is 13.8. The Hall–Kier alpha value is -4.93. The van der Waals surface area contributed by atoms with E-state index in [4.69, 9.17) is 30.5 Å². The Labute approximate surface area is 259 Å². The van der Waals surface area contributed by atoms with Gasteiger partial charge in [0.25, 0.3) is 11.2 Å². The number of nitro benzene ring substituents is 1. The fourth-order valence-electron chi connectivity index (χ4n) is 5.87. The number of halogens is 1. The molecule has 0 bridgehead atoms. The molecule has 11 heteroatoms. The van der Waals surface area contributed by atoms with E-state index in [0.717, 1.165) is 35.2 Å². The molecule has 0 fully saturated rings. The number of aromatic nitrogens is 1. The van der Waals surface area contributed by atoms with Crippen LogP contribution in [0, 0.1) is 10.1 Å². The van der Waals surface area contributed by atoms with Gasteiger partial charge < -0.3 is 13.9 Å². The highest BCUT2D eigenvalue weighted by Crippen LogP contribution is 2.43. The maximum absolute atomic E-state index is 14.1. The second kappa shape index (κ2) is 11.0. The number of benzene rings is 3. The topological polar surface area (TPSA) is 109 Å². The standard InChI is InChI=1S/C33H24ClN3O6S/c1-41-27-13-9-20(16-28(27)42-2)31-23-11-7-18-5-3-4-6-22(18)30(23)35-33-36(31)32(38)29(44-33)17-21-10-14-26(43-21)19-8-12-24(34)25(15-19)37(39)40/h3-6,8-10,12-17,31H,7,11H2,1-2H3/b29-17+/t31-/m1/s1. The number of fused-ring (bicyclic) bond motifs is 3. The van der Waals surface area contributed by atoms with Crippen molar-refractivity contribution in [3.8, 4) is 22.8 Å². The lowest BCUT2D eigenvalue weighted by molar-refractivity contribution is -0.384. The number of methoxy groups -OCH3 is 2. The van der Waals surface area contributed by atoms with Crippen molar-refractivity contribution in [3.05, 3.63) is 136 Å². The number of thiazole rings is 1. The number of allylic oxidation sites excluding steroid dienone is 1. The van der Waals surface area contributed by atoms with Gasteiger partial charge >= 0.3 is 0 Å². The highest BCUT2D eigenvalue weighted by molar-refractivity contribution is 7.07. The van der Waals surface area contributed by atoms with Crippen molar-refractivity contribution >= 4 is 40.4 Å². The van der Waals surface area contributed by atoms with Gasteiger partial charge in [0.1, 0.15) is 16.5 Å². The third kappa shape index (κ3) is 4.63. The molecule has 2 aromatic heterocycles. The Morgan fingerprint density at radius 2 is 1.86 bits per heavy atom. The number of hydrogen-bond donors (Lipinski definition) is 0. The first-order valence-corrected chi connectivity index (χ1v) is 14.9. The van der Waals surface area contributed by atoms with Crippen LogP contribution >= 0.6 is 22.9 Å². The number of hydrogen-bond acceptors (Lipinski definition) is 8. The molecule has 1 atom stereocenters. The summed E-state index contributed by atoms with van der Waals surface area (Å²) >= 11 is 7.27. The lowest BCUT2D eigenvalue weighted by Crippen LogP contribution is -2.38. The zero-order chi connectivity index (χ0) is 30.5. The van der Waals surface area contributed by atoms with Crippen molar-refractivity contribution in [2.24, 2.45) is 4.99 Å². The van der Waals surface area contributed by atoms with Crippen LogP contribution in [0.5, 0.6) is 11.5 Å². The zero-order valence-corrected chi connectivity index (χ0v) is 25.1. The number of rotatable bonds is 6. The Bertz CT molecular complexity index is 2200. The highest BCUT2D eigenvalue weighted by Gasteiger charge is 2.33. The predicted molar refractivity (Wildman–Crippen MR) is 168 cm³/mol. The second-order valence-electron chi connectivity index (χ2n) is 10.4. The zero-order valence-electron chi connectivity index (χ0n) is 23.6. The molecular weight excluding hydrogens is 602 g/mol. The molecule has 1 aliphatic heterocycles. The molecule has 0 spiro atoms. The summed E-state index contributed by atoms with van der Waals surface area (Å²) < 4.78 is 19.3. The van der Waals surface area contributed by atoms with Crippen molar-refractivity contribution in [3.63, 3.8) is 0 Å². The molecule has 0 amide bonds. The molecular formula is C33H24ClN3O6S. The van der Waals surface area contributed by atoms with Gasteiger partial charge in [-0.1, -0.05) is 53.3 Å². The molecule has 1 aliphatic carbocycles. The summed E-state index contributed by atoms with van der Waals surface area (Å²) in [6.45, 7) is 0. The smallest absolute Gasteiger partial charge is 0.288 e. The number of furan rings is 1. The molecule has 44 heavy (non-hydrogen) atoms. The summed E-state index contributed by atoms with van der Waals surface area (Å²) in [7, 11) is 3.18. The Morgan fingerprint density at radius 3 is 2.66 bits per heavy atom. The highest BCUT2D eigenvalue weighted by atomic mass is 35.5. The van der Waals surface area contributed by atoms with Gasteiger partial charge in [-0.3, -0.25) is 19.5 Å². The first-order chi connectivity index (χ1) is 21.4. The molecule has 3 aromatic carbocycles. The van der Waals surface area contributed by atoms with Crippen molar-refractivity contribution in [1.29, 1.82) is 0 Å². The van der Waals surface area contributed by atoms with Crippen molar-refractivity contribution in [2.75, 3.05) is 14.2 Å². The van der Waals surface area contributed by atoms with Crippen LogP contribution in [0.4, 0.5) is 5.69 Å². The third-order valence-corrected chi connectivity index (χ3v) is 9.23. The Kier molecular flexibility index (Phi) is 6.95. The van der Waals surface area contributed by atoms with E-state index in [1.54, 1.807) is 43.1 Å². The molecule has 0 saturated heterocycles. The SMILES string of the molecule is COc1ccc([C@@H]2C3=C(N=c4s/c(=C/c5ccc(-c6ccc(Cl)c([N+](=O)[O-])c6)o5)c(=O)n42)c2ccccc2CC3)cc1OC. The summed E-state index contributed by atoms with van der Waals surface area (Å²) in [4.78, 5) is 30.6. The molecule has 3 heterocycles. The molecule has 7 rings (SSSR count). The van der Waals surface area contributed by atoms with Crippen LogP contribution in [0.25, 0.3) is 23.1 Å². The van der Waals surface area contributed by atoms with Crippen LogP contribution < -0.4 is 24.4 Å². The summed E-state index contributed by atoms with van der Waals surface area (Å²) in [5.74, 6) is 2.03. The van der Waals surface area contributed by atoms with E-state index in [-0.39, 0.29) is 16.3 Å². The monoisotopic (exact) mass is 625 g/mol. The average molecular weight is 626 g/mol. The minimum Gasteiger partial charge on any atom is -0.493 e. The summed E-state index contributed by atoms with van der Waals surface area (Å²) in [5, 5.41) is 11.4. The largest absolute Gasteiger partial charge is 0.493 e. The maximum atomic E-state index is 14.1. The van der Waals surface area contributed by atoms with Crippen LogP contribution in [0.15, 0.2) is 92.6 Å². The van der Waals surface area contributed by atoms with Gasteiger partial charge in [0.2, 0.25) is 0 Å². The molecule has 0 radical (unpaired) electrons. The van der Waals surface area contributed by atoms with Crippen molar-refractivity contribution in [1.82, 2.24) is 4.57 Å². The normalized spacial score (nSPS) is 15.7. The number of aryl methyl sites for hydroxylation is 1. The fourth-order valence-corrected chi connectivity index (χ4v) is 7.03. The molecule has 5 aromatic rings. The van der Waals surface area contributed by atoms with Gasteiger partial charge in [0, 0.05) is 23.3 Å². The number of nitro groups is 1. The average Bonchev–Trinajstić information content (AvgIpc) is 3.63. The van der Waals surface area contributed by atoms with Gasteiger partial charge in [-0.15, -0.1) is 0 Å². The maximum Gasteiger partial charge on any atom is 0.288 e. The summed E-state index contributed by atoms with van der Waals surface area (Å²) in [5.41, 5.74) is 5.25. The van der Waals surface area contributed by atoms with E-state index < -0.39 is 11.0 Å². The predicted octanol–water partition coefficient (Wildman–Crippen LogP) is 6.16. The molecule has 0 unspecified atom stereocenters. The number of ether oxygens (including phenoxy) is 2. The van der Waals surface area contributed by atoms with Gasteiger partial charge in [-0.2, -0.15) is 0 Å². The van der Waals surface area contributed by atoms with E-state index >= 15 is 0 Å². The first kappa shape index (κ1) is 27.9. The Balaban J connectivity index is 1.38. The fraction of sp³-hybridized carbons (Fsp3) is 0.152. The van der Waals surface area contributed by atoms with Gasteiger partial charge in [0.05, 0.1) is 35.4 Å². The van der Waals surface area contributed by atoms with E-state index in [9.17, 15) is 14.9 Å². The summed E-state index contributed by atoms with van der Waals surface area (Å²) in [6, 6.07) is 21.5. The van der Waals surface area contributed by atoms with E-state index in [2.05, 4.69) is 12.1 Å². The molecule has 9 nitrogen and oxygen atoms in total. The lowest BCUT2D eigenvalue weighted by atomic mass is 9.83. The molecule has 0 N–H and O–H groups in total. The van der Waals surface area contributed by atoms with Crippen LogP contribution in [-0.2, 0) is 6.42 Å². The second-order valence-corrected chi connectivity index (χ2v) is 11.8. The third-order valence-electron chi connectivity index (χ3n) is 7.92. The van der Waals surface area contributed by atoms with Crippen LogP contribution in [-0.4, -0.2) is 23.7 Å².